The highest BCUT2D eigenvalue weighted by Gasteiger charge is 2.18. The fraction of sp³-hybridized carbons (Fsp3) is 0.368. The van der Waals surface area contributed by atoms with Gasteiger partial charge in [0.1, 0.15) is 0 Å². The van der Waals surface area contributed by atoms with Gasteiger partial charge in [-0.25, -0.2) is 0 Å². The van der Waals surface area contributed by atoms with Gasteiger partial charge in [-0.05, 0) is 43.4 Å². The maximum Gasteiger partial charge on any atom is 0.257 e. The van der Waals surface area contributed by atoms with E-state index in [-0.39, 0.29) is 5.91 Å². The molecule has 1 atom stereocenters. The Morgan fingerprint density at radius 1 is 1.30 bits per heavy atom. The molecule has 23 heavy (non-hydrogen) atoms. The number of benzene rings is 1. The van der Waals surface area contributed by atoms with E-state index in [0.29, 0.717) is 11.5 Å². The normalized spacial score (nSPS) is 17.8. The van der Waals surface area contributed by atoms with Crippen LogP contribution < -0.4 is 10.2 Å². The van der Waals surface area contributed by atoms with Crippen LogP contribution in [0, 0.1) is 12.8 Å². The summed E-state index contributed by atoms with van der Waals surface area (Å²) in [6.07, 6.45) is 5.95. The van der Waals surface area contributed by atoms with Crippen LogP contribution in [0.2, 0.25) is 0 Å². The molecule has 3 rings (SSSR count). The number of piperidine rings is 1. The summed E-state index contributed by atoms with van der Waals surface area (Å²) in [7, 11) is 0. The number of carbonyl (C=O) groups excluding carboxylic acids is 1. The molecule has 1 aromatic heterocycles. The lowest BCUT2D eigenvalue weighted by Gasteiger charge is -2.32. The molecule has 2 heterocycles. The number of nitrogens with zero attached hydrogens (tertiary/aromatic N) is 2. The van der Waals surface area contributed by atoms with Crippen molar-refractivity contribution in [2.45, 2.75) is 26.7 Å². The molecular weight excluding hydrogens is 286 g/mol. The Morgan fingerprint density at radius 3 is 2.91 bits per heavy atom. The summed E-state index contributed by atoms with van der Waals surface area (Å²) in [5.74, 6) is 0.576. The van der Waals surface area contributed by atoms with Gasteiger partial charge in [0.15, 0.2) is 0 Å². The van der Waals surface area contributed by atoms with E-state index >= 15 is 0 Å². The average molecular weight is 309 g/mol. The molecule has 1 saturated heterocycles. The highest BCUT2D eigenvalue weighted by molar-refractivity contribution is 6.04. The first-order valence-corrected chi connectivity index (χ1v) is 8.20. The maximum atomic E-state index is 12.5. The van der Waals surface area contributed by atoms with E-state index in [4.69, 9.17) is 0 Å². The quantitative estimate of drug-likeness (QED) is 0.936. The summed E-state index contributed by atoms with van der Waals surface area (Å²) >= 11 is 0. The Balaban J connectivity index is 1.76. The molecule has 1 amide bonds. The minimum Gasteiger partial charge on any atom is -0.370 e. The first-order valence-electron chi connectivity index (χ1n) is 8.20. The SMILES string of the molecule is Cc1ccccc1NC(=O)c1cncc(N2CCCC(C)C2)c1. The van der Waals surface area contributed by atoms with Crippen LogP contribution in [0.15, 0.2) is 42.7 Å². The summed E-state index contributed by atoms with van der Waals surface area (Å²) in [6.45, 7) is 6.33. The number of hydrogen-bond donors (Lipinski definition) is 1. The zero-order chi connectivity index (χ0) is 16.2. The largest absolute Gasteiger partial charge is 0.370 e. The van der Waals surface area contributed by atoms with Crippen LogP contribution in [-0.2, 0) is 0 Å². The Bertz CT molecular complexity index is 699. The summed E-state index contributed by atoms with van der Waals surface area (Å²) in [5, 5.41) is 2.97. The number of nitrogens with one attached hydrogen (secondary N) is 1. The Kier molecular flexibility index (Phi) is 4.60. The first kappa shape index (κ1) is 15.5. The molecule has 120 valence electrons. The van der Waals surface area contributed by atoms with Crippen LogP contribution >= 0.6 is 0 Å². The molecule has 1 aliphatic heterocycles. The highest BCUT2D eigenvalue weighted by atomic mass is 16.1. The molecule has 0 spiro atoms. The van der Waals surface area contributed by atoms with Crippen LogP contribution in [0.4, 0.5) is 11.4 Å². The van der Waals surface area contributed by atoms with Crippen LogP contribution in [0.1, 0.15) is 35.7 Å². The standard InChI is InChI=1S/C19H23N3O/c1-14-6-5-9-22(13-14)17-10-16(11-20-12-17)19(23)21-18-8-4-3-7-15(18)2/h3-4,7-8,10-12,14H,5-6,9,13H2,1-2H3,(H,21,23). The van der Waals surface area contributed by atoms with Crippen LogP contribution in [0.25, 0.3) is 0 Å². The molecule has 2 aromatic rings. The number of aryl methyl sites for hydroxylation is 1. The van der Waals surface area contributed by atoms with Crippen molar-refractivity contribution in [3.8, 4) is 0 Å². The fourth-order valence-electron chi connectivity index (χ4n) is 3.06. The average Bonchev–Trinajstić information content (AvgIpc) is 2.57. The van der Waals surface area contributed by atoms with Gasteiger partial charge in [-0.3, -0.25) is 9.78 Å². The van der Waals surface area contributed by atoms with Gasteiger partial charge in [0.25, 0.3) is 5.91 Å². The third-order valence-electron chi connectivity index (χ3n) is 4.40. The Morgan fingerprint density at radius 2 is 2.13 bits per heavy atom. The van der Waals surface area contributed by atoms with Crippen molar-refractivity contribution >= 4 is 17.3 Å². The summed E-state index contributed by atoms with van der Waals surface area (Å²) in [4.78, 5) is 19.1. The smallest absolute Gasteiger partial charge is 0.257 e. The van der Waals surface area contributed by atoms with Gasteiger partial charge >= 0.3 is 0 Å². The van der Waals surface area contributed by atoms with Gasteiger partial charge in [0.05, 0.1) is 17.4 Å². The van der Waals surface area contributed by atoms with Crippen LogP contribution in [0.3, 0.4) is 0 Å². The molecule has 0 radical (unpaired) electrons. The minimum absolute atomic E-state index is 0.112. The molecule has 1 N–H and O–H groups in total. The number of anilines is 2. The van der Waals surface area contributed by atoms with Crippen molar-refractivity contribution in [1.29, 1.82) is 0 Å². The van der Waals surface area contributed by atoms with E-state index in [1.54, 1.807) is 6.20 Å². The van der Waals surface area contributed by atoms with Crippen molar-refractivity contribution in [3.05, 3.63) is 53.9 Å². The zero-order valence-electron chi connectivity index (χ0n) is 13.7. The number of carbonyl (C=O) groups is 1. The van der Waals surface area contributed by atoms with E-state index in [1.807, 2.05) is 43.5 Å². The highest BCUT2D eigenvalue weighted by Crippen LogP contribution is 2.23. The van der Waals surface area contributed by atoms with Gasteiger partial charge in [-0.2, -0.15) is 0 Å². The minimum atomic E-state index is -0.112. The van der Waals surface area contributed by atoms with E-state index < -0.39 is 0 Å². The number of amides is 1. The van der Waals surface area contributed by atoms with E-state index in [1.165, 1.54) is 12.8 Å². The zero-order valence-corrected chi connectivity index (χ0v) is 13.7. The Hall–Kier alpha value is -2.36. The summed E-state index contributed by atoms with van der Waals surface area (Å²) in [6, 6.07) is 9.73. The van der Waals surface area contributed by atoms with Gasteiger partial charge in [0, 0.05) is 25.0 Å². The van der Waals surface area contributed by atoms with Crippen molar-refractivity contribution < 1.29 is 4.79 Å². The molecule has 1 aromatic carbocycles. The first-order chi connectivity index (χ1) is 11.1. The molecule has 0 aliphatic carbocycles. The topological polar surface area (TPSA) is 45.2 Å². The third kappa shape index (κ3) is 3.70. The molecule has 0 bridgehead atoms. The van der Waals surface area contributed by atoms with Gasteiger partial charge < -0.3 is 10.2 Å². The second-order valence-electron chi connectivity index (χ2n) is 6.39. The van der Waals surface area contributed by atoms with Gasteiger partial charge in [-0.15, -0.1) is 0 Å². The lowest BCUT2D eigenvalue weighted by atomic mass is 10.00. The van der Waals surface area contributed by atoms with Crippen molar-refractivity contribution in [3.63, 3.8) is 0 Å². The van der Waals surface area contributed by atoms with E-state index in [9.17, 15) is 4.79 Å². The van der Waals surface area contributed by atoms with Crippen molar-refractivity contribution in [2.24, 2.45) is 5.92 Å². The summed E-state index contributed by atoms with van der Waals surface area (Å²) < 4.78 is 0. The second kappa shape index (κ2) is 6.82. The monoisotopic (exact) mass is 309 g/mol. The lowest BCUT2D eigenvalue weighted by Crippen LogP contribution is -2.34. The second-order valence-corrected chi connectivity index (χ2v) is 6.39. The molecule has 4 heteroatoms. The molecule has 1 unspecified atom stereocenters. The number of aromatic nitrogens is 1. The fourth-order valence-corrected chi connectivity index (χ4v) is 3.06. The van der Waals surface area contributed by atoms with Crippen LogP contribution in [-0.4, -0.2) is 24.0 Å². The molecular formula is C19H23N3O. The number of para-hydroxylation sites is 1. The van der Waals surface area contributed by atoms with Crippen LogP contribution in [0.5, 0.6) is 0 Å². The van der Waals surface area contributed by atoms with Crippen molar-refractivity contribution in [2.75, 3.05) is 23.3 Å². The lowest BCUT2D eigenvalue weighted by molar-refractivity contribution is 0.102. The summed E-state index contributed by atoms with van der Waals surface area (Å²) in [5.41, 5.74) is 3.53. The predicted octanol–water partition coefficient (Wildman–Crippen LogP) is 3.88. The molecule has 0 saturated carbocycles. The van der Waals surface area contributed by atoms with Gasteiger partial charge in [0.2, 0.25) is 0 Å². The molecule has 4 nitrogen and oxygen atoms in total. The number of hydrogen-bond acceptors (Lipinski definition) is 3. The van der Waals surface area contributed by atoms with Gasteiger partial charge in [-0.1, -0.05) is 25.1 Å². The predicted molar refractivity (Wildman–Crippen MR) is 94.0 cm³/mol. The number of pyridine rings is 1. The Labute approximate surface area is 137 Å². The third-order valence-corrected chi connectivity index (χ3v) is 4.40. The van der Waals surface area contributed by atoms with Crippen molar-refractivity contribution in [1.82, 2.24) is 4.98 Å². The van der Waals surface area contributed by atoms with E-state index in [0.717, 1.165) is 30.0 Å². The number of rotatable bonds is 3. The maximum absolute atomic E-state index is 12.5. The molecule has 1 fully saturated rings. The van der Waals surface area contributed by atoms with E-state index in [2.05, 4.69) is 22.1 Å². The molecule has 1 aliphatic rings.